The topological polar surface area (TPSA) is 64.1 Å². The Bertz CT molecular complexity index is 479. The van der Waals surface area contributed by atoms with Crippen LogP contribution >= 0.6 is 0 Å². The van der Waals surface area contributed by atoms with Crippen LogP contribution in [0.15, 0.2) is 35.2 Å². The normalized spacial score (nSPS) is 12.7. The number of hydrogen-bond acceptors (Lipinski definition) is 4. The zero-order chi connectivity index (χ0) is 11.5. The van der Waals surface area contributed by atoms with Crippen molar-refractivity contribution in [2.75, 3.05) is 0 Å². The van der Waals surface area contributed by atoms with Crippen LogP contribution in [0, 0.1) is 13.8 Å². The Morgan fingerprint density at radius 2 is 2.12 bits per heavy atom. The number of nitrogens with one attached hydrogen (secondary N) is 1. The first-order chi connectivity index (χ1) is 7.74. The van der Waals surface area contributed by atoms with Crippen LogP contribution < -0.4 is 11.3 Å². The van der Waals surface area contributed by atoms with Gasteiger partial charge < -0.3 is 4.42 Å². The highest BCUT2D eigenvalue weighted by atomic mass is 16.3. The Balaban J connectivity index is 2.45. The van der Waals surface area contributed by atoms with Gasteiger partial charge in [0, 0.05) is 12.4 Å². The van der Waals surface area contributed by atoms with Crippen LogP contribution in [0.4, 0.5) is 0 Å². The van der Waals surface area contributed by atoms with Crippen molar-refractivity contribution < 1.29 is 4.42 Å². The molecule has 4 nitrogen and oxygen atoms in total. The van der Waals surface area contributed by atoms with Gasteiger partial charge in [-0.1, -0.05) is 0 Å². The summed E-state index contributed by atoms with van der Waals surface area (Å²) in [6.07, 6.45) is 5.24. The quantitative estimate of drug-likeness (QED) is 0.608. The van der Waals surface area contributed by atoms with Crippen LogP contribution in [-0.4, -0.2) is 4.98 Å². The van der Waals surface area contributed by atoms with Gasteiger partial charge in [0.2, 0.25) is 0 Å². The van der Waals surface area contributed by atoms with Gasteiger partial charge in [-0.3, -0.25) is 10.8 Å². The van der Waals surface area contributed by atoms with Crippen molar-refractivity contribution in [3.63, 3.8) is 0 Å². The van der Waals surface area contributed by atoms with Crippen LogP contribution in [0.1, 0.15) is 28.5 Å². The fourth-order valence-electron chi connectivity index (χ4n) is 1.77. The largest absolute Gasteiger partial charge is 0.467 e. The lowest BCUT2D eigenvalue weighted by Crippen LogP contribution is -2.29. The van der Waals surface area contributed by atoms with E-state index in [1.54, 1.807) is 12.5 Å². The van der Waals surface area contributed by atoms with Crippen molar-refractivity contribution in [1.82, 2.24) is 10.4 Å². The van der Waals surface area contributed by atoms with Crippen LogP contribution in [0.5, 0.6) is 0 Å². The Hall–Kier alpha value is -1.65. The fourth-order valence-corrected chi connectivity index (χ4v) is 1.77. The predicted octanol–water partition coefficient (Wildman–Crippen LogP) is 1.84. The number of nitrogens with two attached hydrogens (primary N) is 1. The average Bonchev–Trinajstić information content (AvgIpc) is 2.69. The molecule has 0 saturated heterocycles. The number of hydrogen-bond donors (Lipinski definition) is 2. The molecule has 0 radical (unpaired) electrons. The number of aromatic nitrogens is 1. The second kappa shape index (κ2) is 4.47. The maximum atomic E-state index is 5.60. The Morgan fingerprint density at radius 1 is 1.31 bits per heavy atom. The van der Waals surface area contributed by atoms with Gasteiger partial charge in [0.1, 0.15) is 11.8 Å². The van der Waals surface area contributed by atoms with E-state index in [1.807, 2.05) is 32.2 Å². The van der Waals surface area contributed by atoms with Gasteiger partial charge in [-0.2, -0.15) is 0 Å². The van der Waals surface area contributed by atoms with Crippen LogP contribution in [0.3, 0.4) is 0 Å². The van der Waals surface area contributed by atoms with Crippen LogP contribution in [0.2, 0.25) is 0 Å². The molecule has 1 atom stereocenters. The summed E-state index contributed by atoms with van der Waals surface area (Å²) in [6, 6.07) is 3.73. The van der Waals surface area contributed by atoms with Crippen molar-refractivity contribution in [2.45, 2.75) is 19.9 Å². The molecule has 0 fully saturated rings. The third kappa shape index (κ3) is 1.85. The van der Waals surface area contributed by atoms with E-state index in [-0.39, 0.29) is 6.04 Å². The molecular weight excluding hydrogens is 202 g/mol. The average molecular weight is 217 g/mol. The van der Waals surface area contributed by atoms with E-state index in [2.05, 4.69) is 10.4 Å². The van der Waals surface area contributed by atoms with Crippen molar-refractivity contribution in [3.05, 3.63) is 53.2 Å². The maximum Gasteiger partial charge on any atom is 0.129 e. The zero-order valence-electron chi connectivity index (χ0n) is 9.40. The summed E-state index contributed by atoms with van der Waals surface area (Å²) in [6.45, 7) is 4.02. The lowest BCUT2D eigenvalue weighted by Gasteiger charge is -2.16. The third-order valence-electron chi connectivity index (χ3n) is 2.72. The predicted molar refractivity (Wildman–Crippen MR) is 61.6 cm³/mol. The SMILES string of the molecule is Cc1ccncc1C(NN)c1occc1C. The first-order valence-electron chi connectivity index (χ1n) is 5.14. The molecule has 0 spiro atoms. The fraction of sp³-hybridized carbons (Fsp3) is 0.250. The summed E-state index contributed by atoms with van der Waals surface area (Å²) in [5, 5.41) is 0. The molecule has 2 heterocycles. The molecule has 2 aromatic heterocycles. The minimum Gasteiger partial charge on any atom is -0.467 e. The number of nitrogens with zero attached hydrogens (tertiary/aromatic N) is 1. The summed E-state index contributed by atoms with van der Waals surface area (Å²) >= 11 is 0. The zero-order valence-corrected chi connectivity index (χ0v) is 9.40. The Kier molecular flexibility index (Phi) is 3.03. The highest BCUT2D eigenvalue weighted by molar-refractivity contribution is 5.33. The van der Waals surface area contributed by atoms with E-state index < -0.39 is 0 Å². The molecule has 2 rings (SSSR count). The van der Waals surface area contributed by atoms with Gasteiger partial charge in [0.05, 0.1) is 6.26 Å². The third-order valence-corrected chi connectivity index (χ3v) is 2.72. The number of rotatable bonds is 3. The molecule has 0 saturated carbocycles. The summed E-state index contributed by atoms with van der Waals surface area (Å²) in [5.74, 6) is 6.43. The molecule has 0 amide bonds. The lowest BCUT2D eigenvalue weighted by molar-refractivity contribution is 0.448. The van der Waals surface area contributed by atoms with Gasteiger partial charge in [-0.25, -0.2) is 5.43 Å². The van der Waals surface area contributed by atoms with Crippen LogP contribution in [-0.2, 0) is 0 Å². The number of pyridine rings is 1. The minimum atomic E-state index is -0.149. The molecule has 84 valence electrons. The van der Waals surface area contributed by atoms with Crippen molar-refractivity contribution in [3.8, 4) is 0 Å². The van der Waals surface area contributed by atoms with E-state index in [9.17, 15) is 0 Å². The highest BCUT2D eigenvalue weighted by Gasteiger charge is 2.19. The second-order valence-corrected chi connectivity index (χ2v) is 3.80. The summed E-state index contributed by atoms with van der Waals surface area (Å²) < 4.78 is 5.46. The molecule has 0 aromatic carbocycles. The lowest BCUT2D eigenvalue weighted by atomic mass is 10.0. The molecule has 2 aromatic rings. The molecule has 0 aliphatic carbocycles. The number of hydrazine groups is 1. The van der Waals surface area contributed by atoms with E-state index in [4.69, 9.17) is 10.3 Å². The Morgan fingerprint density at radius 3 is 2.69 bits per heavy atom. The van der Waals surface area contributed by atoms with E-state index in [1.165, 1.54) is 0 Å². The van der Waals surface area contributed by atoms with E-state index in [0.29, 0.717) is 0 Å². The maximum absolute atomic E-state index is 5.60. The standard InChI is InChI=1S/C12H15N3O/c1-8-3-5-14-7-10(8)11(15-13)12-9(2)4-6-16-12/h3-7,11,15H,13H2,1-2H3. The minimum absolute atomic E-state index is 0.149. The molecule has 0 aliphatic rings. The Labute approximate surface area is 94.5 Å². The first-order valence-corrected chi connectivity index (χ1v) is 5.14. The summed E-state index contributed by atoms with van der Waals surface area (Å²) in [5.41, 5.74) is 6.01. The van der Waals surface area contributed by atoms with Crippen molar-refractivity contribution in [2.24, 2.45) is 5.84 Å². The van der Waals surface area contributed by atoms with Gasteiger partial charge in [-0.05, 0) is 42.7 Å². The smallest absolute Gasteiger partial charge is 0.129 e. The van der Waals surface area contributed by atoms with E-state index >= 15 is 0 Å². The van der Waals surface area contributed by atoms with Crippen molar-refractivity contribution in [1.29, 1.82) is 0 Å². The molecule has 3 N–H and O–H groups in total. The monoisotopic (exact) mass is 217 g/mol. The highest BCUT2D eigenvalue weighted by Crippen LogP contribution is 2.26. The molecule has 1 unspecified atom stereocenters. The van der Waals surface area contributed by atoms with Crippen molar-refractivity contribution >= 4 is 0 Å². The van der Waals surface area contributed by atoms with Gasteiger partial charge in [-0.15, -0.1) is 0 Å². The number of furan rings is 1. The summed E-state index contributed by atoms with van der Waals surface area (Å²) in [4.78, 5) is 4.12. The molecular formula is C12H15N3O. The number of aryl methyl sites for hydroxylation is 2. The first kappa shape index (κ1) is 10.9. The van der Waals surface area contributed by atoms with Gasteiger partial charge in [0.25, 0.3) is 0 Å². The molecule has 0 bridgehead atoms. The molecule has 0 aliphatic heterocycles. The second-order valence-electron chi connectivity index (χ2n) is 3.80. The van der Waals surface area contributed by atoms with Gasteiger partial charge >= 0.3 is 0 Å². The molecule has 16 heavy (non-hydrogen) atoms. The van der Waals surface area contributed by atoms with E-state index in [0.717, 1.165) is 22.5 Å². The summed E-state index contributed by atoms with van der Waals surface area (Å²) in [7, 11) is 0. The van der Waals surface area contributed by atoms with Gasteiger partial charge in [0.15, 0.2) is 0 Å². The van der Waals surface area contributed by atoms with Crippen LogP contribution in [0.25, 0.3) is 0 Å². The molecule has 4 heteroatoms.